The van der Waals surface area contributed by atoms with Gasteiger partial charge in [-0.15, -0.1) is 0 Å². The minimum absolute atomic E-state index is 0.0418. The molecule has 1 aromatic carbocycles. The number of carbonyl (C=O) groups excluding carboxylic acids is 2. The van der Waals surface area contributed by atoms with Gasteiger partial charge in [0.15, 0.2) is 0 Å². The van der Waals surface area contributed by atoms with Crippen LogP contribution in [0.3, 0.4) is 0 Å². The number of halogens is 1. The molecule has 0 saturated heterocycles. The summed E-state index contributed by atoms with van der Waals surface area (Å²) in [5.41, 5.74) is 0.711. The Hall–Kier alpha value is -2.61. The van der Waals surface area contributed by atoms with Crippen LogP contribution in [-0.4, -0.2) is 34.8 Å². The Balaban J connectivity index is 1.96. The first-order valence-electron chi connectivity index (χ1n) is 8.20. The van der Waals surface area contributed by atoms with Crippen molar-refractivity contribution in [3.63, 3.8) is 0 Å². The molecule has 1 unspecified atom stereocenters. The Labute approximate surface area is 156 Å². The lowest BCUT2D eigenvalue weighted by molar-refractivity contribution is -0.124. The molecule has 0 aliphatic carbocycles. The molecule has 1 heterocycles. The van der Waals surface area contributed by atoms with Crippen molar-refractivity contribution in [1.82, 2.24) is 20.8 Å². The molecule has 0 bridgehead atoms. The highest BCUT2D eigenvalue weighted by molar-refractivity contribution is 6.30. The molecule has 2 amide bonds. The molecule has 0 saturated carbocycles. The number of alkyl carbamates (subject to hydrolysis) is 1. The van der Waals surface area contributed by atoms with Gasteiger partial charge in [0.25, 0.3) is 0 Å². The third-order valence-corrected chi connectivity index (χ3v) is 3.70. The van der Waals surface area contributed by atoms with Crippen molar-refractivity contribution in [3.8, 4) is 11.4 Å². The molecule has 8 nitrogen and oxygen atoms in total. The lowest BCUT2D eigenvalue weighted by Crippen LogP contribution is -2.49. The summed E-state index contributed by atoms with van der Waals surface area (Å²) >= 11 is 5.94. The minimum Gasteiger partial charge on any atom is -0.450 e. The number of nitrogens with zero attached hydrogens (tertiary/aromatic N) is 2. The van der Waals surface area contributed by atoms with Gasteiger partial charge in [0, 0.05) is 10.6 Å². The lowest BCUT2D eigenvalue weighted by Gasteiger charge is -2.20. The minimum atomic E-state index is -0.732. The van der Waals surface area contributed by atoms with Gasteiger partial charge in [-0.25, -0.2) is 4.79 Å². The second-order valence-electron chi connectivity index (χ2n) is 5.83. The summed E-state index contributed by atoms with van der Waals surface area (Å²) < 4.78 is 9.95. The summed E-state index contributed by atoms with van der Waals surface area (Å²) in [5.74, 6) is 0.133. The first kappa shape index (κ1) is 19.7. The number of benzene rings is 1. The molecule has 0 spiro atoms. The van der Waals surface area contributed by atoms with Gasteiger partial charge < -0.3 is 19.9 Å². The molecule has 1 atom stereocenters. The molecule has 140 valence electrons. The summed E-state index contributed by atoms with van der Waals surface area (Å²) in [7, 11) is 0. The van der Waals surface area contributed by atoms with Crippen molar-refractivity contribution in [2.24, 2.45) is 5.92 Å². The highest BCUT2D eigenvalue weighted by Crippen LogP contribution is 2.19. The molecule has 2 rings (SSSR count). The van der Waals surface area contributed by atoms with E-state index >= 15 is 0 Å². The van der Waals surface area contributed by atoms with Crippen molar-refractivity contribution in [1.29, 1.82) is 0 Å². The number of hydrogen-bond donors (Lipinski definition) is 2. The summed E-state index contributed by atoms with van der Waals surface area (Å²) in [5, 5.41) is 9.64. The normalized spacial score (nSPS) is 11.9. The Morgan fingerprint density at radius 3 is 2.77 bits per heavy atom. The number of rotatable bonds is 7. The zero-order valence-corrected chi connectivity index (χ0v) is 15.5. The molecule has 0 aliphatic rings. The van der Waals surface area contributed by atoms with Crippen LogP contribution in [-0.2, 0) is 16.1 Å². The first-order valence-corrected chi connectivity index (χ1v) is 8.58. The molecule has 9 heteroatoms. The van der Waals surface area contributed by atoms with Crippen LogP contribution in [0.5, 0.6) is 0 Å². The smallest absolute Gasteiger partial charge is 0.407 e. The average molecular weight is 381 g/mol. The third kappa shape index (κ3) is 5.45. The number of carbonyl (C=O) groups is 2. The Bertz CT molecular complexity index is 763. The quantitative estimate of drug-likeness (QED) is 0.764. The zero-order valence-electron chi connectivity index (χ0n) is 14.8. The van der Waals surface area contributed by atoms with E-state index in [9.17, 15) is 9.59 Å². The van der Waals surface area contributed by atoms with Crippen molar-refractivity contribution >= 4 is 23.6 Å². The molecule has 0 fully saturated rings. The van der Waals surface area contributed by atoms with Gasteiger partial charge >= 0.3 is 6.09 Å². The zero-order chi connectivity index (χ0) is 19.1. The summed E-state index contributed by atoms with van der Waals surface area (Å²) in [6, 6.07) is 6.31. The highest BCUT2D eigenvalue weighted by Gasteiger charge is 2.25. The molecule has 2 N–H and O–H groups in total. The van der Waals surface area contributed by atoms with Crippen LogP contribution in [0.25, 0.3) is 11.4 Å². The van der Waals surface area contributed by atoms with Crippen LogP contribution >= 0.6 is 11.6 Å². The maximum atomic E-state index is 12.3. The van der Waals surface area contributed by atoms with E-state index in [2.05, 4.69) is 20.8 Å². The Morgan fingerprint density at radius 1 is 1.35 bits per heavy atom. The van der Waals surface area contributed by atoms with E-state index in [0.29, 0.717) is 16.4 Å². The van der Waals surface area contributed by atoms with Crippen molar-refractivity contribution in [2.75, 3.05) is 6.61 Å². The number of aromatic nitrogens is 2. The van der Waals surface area contributed by atoms with Crippen LogP contribution in [0.4, 0.5) is 4.79 Å². The molecule has 1 aromatic heterocycles. The molecule has 0 aliphatic heterocycles. The number of nitrogens with one attached hydrogen (secondary N) is 2. The fourth-order valence-corrected chi connectivity index (χ4v) is 2.37. The van der Waals surface area contributed by atoms with Crippen LogP contribution in [0, 0.1) is 5.92 Å². The standard InChI is InChI=1S/C17H21ClN4O4/c1-4-25-17(24)21-14(10(2)3)16(23)19-9-13-20-15(22-26-13)11-6-5-7-12(18)8-11/h5-8,10,14H,4,9H2,1-3H3,(H,19,23)(H,21,24). The predicted octanol–water partition coefficient (Wildman–Crippen LogP) is 2.78. The Morgan fingerprint density at radius 2 is 2.12 bits per heavy atom. The fourth-order valence-electron chi connectivity index (χ4n) is 2.18. The van der Waals surface area contributed by atoms with Crippen LogP contribution in [0.15, 0.2) is 28.8 Å². The fraction of sp³-hybridized carbons (Fsp3) is 0.412. The van der Waals surface area contributed by atoms with Gasteiger partial charge in [-0.05, 0) is 25.0 Å². The summed E-state index contributed by atoms with van der Waals surface area (Å²) in [6.07, 6.45) is -0.637. The number of hydrogen-bond acceptors (Lipinski definition) is 6. The van der Waals surface area contributed by atoms with Crippen LogP contribution in [0.2, 0.25) is 5.02 Å². The summed E-state index contributed by atoms with van der Waals surface area (Å²) in [6.45, 7) is 5.60. The van der Waals surface area contributed by atoms with E-state index in [-0.39, 0.29) is 30.9 Å². The van der Waals surface area contributed by atoms with E-state index < -0.39 is 12.1 Å². The van der Waals surface area contributed by atoms with Crippen molar-refractivity contribution < 1.29 is 18.8 Å². The highest BCUT2D eigenvalue weighted by atomic mass is 35.5. The monoisotopic (exact) mass is 380 g/mol. The Kier molecular flexibility index (Phi) is 6.97. The molecule has 26 heavy (non-hydrogen) atoms. The second kappa shape index (κ2) is 9.19. The number of ether oxygens (including phenoxy) is 1. The van der Waals surface area contributed by atoms with E-state index in [4.69, 9.17) is 20.9 Å². The average Bonchev–Trinajstić information content (AvgIpc) is 3.06. The first-order chi connectivity index (χ1) is 12.4. The molecular weight excluding hydrogens is 360 g/mol. The predicted molar refractivity (Wildman–Crippen MR) is 95.4 cm³/mol. The lowest BCUT2D eigenvalue weighted by atomic mass is 10.0. The third-order valence-electron chi connectivity index (χ3n) is 3.46. The van der Waals surface area contributed by atoms with Gasteiger partial charge in [0.1, 0.15) is 6.04 Å². The largest absolute Gasteiger partial charge is 0.450 e. The SMILES string of the molecule is CCOC(=O)NC(C(=O)NCc1nc(-c2cccc(Cl)c2)no1)C(C)C. The van der Waals surface area contributed by atoms with Crippen LogP contribution in [0.1, 0.15) is 26.7 Å². The van der Waals surface area contributed by atoms with Gasteiger partial charge in [0.2, 0.25) is 17.6 Å². The summed E-state index contributed by atoms with van der Waals surface area (Å²) in [4.78, 5) is 28.1. The van der Waals surface area contributed by atoms with Crippen LogP contribution < -0.4 is 10.6 Å². The number of amides is 2. The van der Waals surface area contributed by atoms with E-state index in [1.54, 1.807) is 31.2 Å². The molecular formula is C17H21ClN4O4. The van der Waals surface area contributed by atoms with E-state index in [1.165, 1.54) is 0 Å². The van der Waals surface area contributed by atoms with E-state index in [0.717, 1.165) is 0 Å². The van der Waals surface area contributed by atoms with Gasteiger partial charge in [-0.1, -0.05) is 42.7 Å². The topological polar surface area (TPSA) is 106 Å². The van der Waals surface area contributed by atoms with E-state index in [1.807, 2.05) is 13.8 Å². The maximum Gasteiger partial charge on any atom is 0.407 e. The van der Waals surface area contributed by atoms with Crippen molar-refractivity contribution in [2.45, 2.75) is 33.4 Å². The molecule has 0 radical (unpaired) electrons. The molecule has 2 aromatic rings. The maximum absolute atomic E-state index is 12.3. The van der Waals surface area contributed by atoms with Gasteiger partial charge in [-0.2, -0.15) is 4.98 Å². The van der Waals surface area contributed by atoms with Gasteiger partial charge in [0.05, 0.1) is 13.2 Å². The van der Waals surface area contributed by atoms with Gasteiger partial charge in [-0.3, -0.25) is 4.79 Å². The van der Waals surface area contributed by atoms with Crippen molar-refractivity contribution in [3.05, 3.63) is 35.2 Å². The second-order valence-corrected chi connectivity index (χ2v) is 6.26.